The maximum absolute atomic E-state index is 13.9. The monoisotopic (exact) mass is 488 g/mol. The van der Waals surface area contributed by atoms with E-state index in [1.54, 1.807) is 30.3 Å². The summed E-state index contributed by atoms with van der Waals surface area (Å²) in [6, 6.07) is 17.6. The second kappa shape index (κ2) is 10.1. The maximum Gasteiger partial charge on any atom is 0.266 e. The van der Waals surface area contributed by atoms with Crippen molar-refractivity contribution < 1.29 is 4.39 Å². The molecular weight excluding hydrogens is 463 g/mol. The lowest BCUT2D eigenvalue weighted by atomic mass is 10.0. The minimum Gasteiger partial charge on any atom is -0.295 e. The minimum atomic E-state index is -0.491. The van der Waals surface area contributed by atoms with Gasteiger partial charge in [0.25, 0.3) is 5.56 Å². The average molecular weight is 489 g/mol. The van der Waals surface area contributed by atoms with Crippen LogP contribution in [0.25, 0.3) is 28.7 Å². The number of hydrogen-bond acceptors (Lipinski definition) is 4. The third kappa shape index (κ3) is 5.04. The number of halogens is 2. The number of piperidine rings is 1. The molecule has 0 unspecified atom stereocenters. The van der Waals surface area contributed by atoms with Gasteiger partial charge in [-0.1, -0.05) is 36.2 Å². The first-order chi connectivity index (χ1) is 17.0. The molecule has 0 aliphatic carbocycles. The van der Waals surface area contributed by atoms with Crippen LogP contribution in [0, 0.1) is 5.82 Å². The Morgan fingerprint density at radius 2 is 1.91 bits per heavy atom. The van der Waals surface area contributed by atoms with Crippen LogP contribution in [0.1, 0.15) is 43.4 Å². The van der Waals surface area contributed by atoms with Crippen LogP contribution in [0.3, 0.4) is 0 Å². The van der Waals surface area contributed by atoms with Crippen LogP contribution in [-0.2, 0) is 6.54 Å². The predicted octanol–water partition coefficient (Wildman–Crippen LogP) is 6.12. The molecule has 1 aliphatic rings. The van der Waals surface area contributed by atoms with Crippen LogP contribution in [0.4, 0.5) is 4.39 Å². The summed E-state index contributed by atoms with van der Waals surface area (Å²) in [6.45, 7) is 4.18. The molecule has 1 fully saturated rings. The quantitative estimate of drug-likeness (QED) is 0.339. The van der Waals surface area contributed by atoms with E-state index in [4.69, 9.17) is 16.6 Å². The first kappa shape index (κ1) is 23.4. The highest BCUT2D eigenvalue weighted by atomic mass is 35.5. The predicted molar refractivity (Wildman–Crippen MR) is 139 cm³/mol. The lowest BCUT2D eigenvalue weighted by molar-refractivity contribution is 0.151. The highest BCUT2D eigenvalue weighted by Crippen LogP contribution is 2.23. The van der Waals surface area contributed by atoms with Crippen molar-refractivity contribution in [3.05, 3.63) is 99.1 Å². The van der Waals surface area contributed by atoms with Gasteiger partial charge in [-0.15, -0.1) is 0 Å². The van der Waals surface area contributed by atoms with E-state index >= 15 is 0 Å². The molecular formula is C28H26ClFN4O. The summed E-state index contributed by atoms with van der Waals surface area (Å²) in [5.41, 5.74) is 2.29. The fourth-order valence-electron chi connectivity index (χ4n) is 4.59. The van der Waals surface area contributed by atoms with Crippen molar-refractivity contribution in [1.82, 2.24) is 19.4 Å². The zero-order valence-corrected chi connectivity index (χ0v) is 20.3. The fourth-order valence-corrected chi connectivity index (χ4v) is 4.81. The van der Waals surface area contributed by atoms with E-state index < -0.39 is 5.82 Å². The molecule has 0 spiro atoms. The Hall–Kier alpha value is -3.35. The summed E-state index contributed by atoms with van der Waals surface area (Å²) in [4.78, 5) is 25.3. The van der Waals surface area contributed by atoms with Crippen molar-refractivity contribution in [2.45, 2.75) is 38.8 Å². The molecule has 0 amide bonds. The van der Waals surface area contributed by atoms with Gasteiger partial charge in [-0.3, -0.25) is 19.2 Å². The summed E-state index contributed by atoms with van der Waals surface area (Å²) < 4.78 is 15.3. The molecule has 3 heterocycles. The molecule has 178 valence electrons. The molecule has 1 saturated heterocycles. The molecule has 4 aromatic rings. The van der Waals surface area contributed by atoms with Crippen LogP contribution < -0.4 is 5.56 Å². The topological polar surface area (TPSA) is 51.0 Å². The number of pyridine rings is 1. The van der Waals surface area contributed by atoms with Gasteiger partial charge in [0.15, 0.2) is 0 Å². The van der Waals surface area contributed by atoms with Gasteiger partial charge in [0.1, 0.15) is 11.6 Å². The standard InChI is InChI=1S/C28H26ClFN4O/c1-19-7-4-5-16-33(19)18-22-9-6-8-21(31-22)13-15-27-32-25-14-12-20(30)17-23(25)28(35)34(27)26-11-3-2-10-24(26)29/h2-3,6,8-15,17,19H,4-5,7,16,18H2,1H3/t19-/m0/s1. The van der Waals surface area contributed by atoms with Crippen LogP contribution in [0.15, 0.2) is 65.5 Å². The van der Waals surface area contributed by atoms with Gasteiger partial charge in [0, 0.05) is 12.6 Å². The van der Waals surface area contributed by atoms with Crippen molar-refractivity contribution >= 4 is 34.7 Å². The van der Waals surface area contributed by atoms with Crippen molar-refractivity contribution in [1.29, 1.82) is 0 Å². The SMILES string of the molecule is C[C@H]1CCCCN1Cc1cccc(C=Cc2nc3ccc(F)cc3c(=O)n2-c2ccccc2Cl)n1. The number of fused-ring (bicyclic) bond motifs is 1. The third-order valence-corrected chi connectivity index (χ3v) is 6.81. The summed E-state index contributed by atoms with van der Waals surface area (Å²) in [7, 11) is 0. The van der Waals surface area contributed by atoms with Crippen molar-refractivity contribution in [3.8, 4) is 5.69 Å². The molecule has 5 rings (SSSR count). The molecule has 0 saturated carbocycles. The maximum atomic E-state index is 13.9. The van der Waals surface area contributed by atoms with Gasteiger partial charge in [0.2, 0.25) is 0 Å². The van der Waals surface area contributed by atoms with Gasteiger partial charge in [-0.25, -0.2) is 9.37 Å². The molecule has 35 heavy (non-hydrogen) atoms. The third-order valence-electron chi connectivity index (χ3n) is 6.49. The zero-order chi connectivity index (χ0) is 24.4. The van der Waals surface area contributed by atoms with E-state index in [1.165, 1.54) is 42.0 Å². The number of aromatic nitrogens is 3. The molecule has 7 heteroatoms. The van der Waals surface area contributed by atoms with Crippen molar-refractivity contribution in [2.75, 3.05) is 6.54 Å². The average Bonchev–Trinajstić information content (AvgIpc) is 2.86. The Labute approximate surface area is 208 Å². The molecule has 0 N–H and O–H groups in total. The number of para-hydroxylation sites is 1. The highest BCUT2D eigenvalue weighted by Gasteiger charge is 2.18. The number of hydrogen-bond donors (Lipinski definition) is 0. The van der Waals surface area contributed by atoms with Gasteiger partial charge in [0.05, 0.1) is 33.0 Å². The van der Waals surface area contributed by atoms with Gasteiger partial charge >= 0.3 is 0 Å². The Morgan fingerprint density at radius 1 is 1.06 bits per heavy atom. The molecule has 2 aromatic carbocycles. The Bertz CT molecular complexity index is 1470. The fraction of sp³-hybridized carbons (Fsp3) is 0.250. The Morgan fingerprint density at radius 3 is 2.74 bits per heavy atom. The first-order valence-corrected chi connectivity index (χ1v) is 12.2. The number of rotatable bonds is 5. The second-order valence-corrected chi connectivity index (χ2v) is 9.33. The van der Waals surface area contributed by atoms with Gasteiger partial charge in [-0.2, -0.15) is 0 Å². The first-order valence-electron chi connectivity index (χ1n) is 11.8. The van der Waals surface area contributed by atoms with Crippen LogP contribution in [0.2, 0.25) is 5.02 Å². The summed E-state index contributed by atoms with van der Waals surface area (Å²) >= 11 is 6.42. The molecule has 1 atom stereocenters. The highest BCUT2D eigenvalue weighted by molar-refractivity contribution is 6.32. The van der Waals surface area contributed by atoms with Crippen LogP contribution >= 0.6 is 11.6 Å². The lowest BCUT2D eigenvalue weighted by Gasteiger charge is -2.32. The number of likely N-dealkylation sites (tertiary alicyclic amines) is 1. The Kier molecular flexibility index (Phi) is 6.75. The Balaban J connectivity index is 1.54. The molecule has 2 aromatic heterocycles. The van der Waals surface area contributed by atoms with Gasteiger partial charge < -0.3 is 0 Å². The van der Waals surface area contributed by atoms with E-state index in [0.717, 1.165) is 24.5 Å². The van der Waals surface area contributed by atoms with Gasteiger partial charge in [-0.05, 0) is 80.9 Å². The smallest absolute Gasteiger partial charge is 0.266 e. The molecule has 0 bridgehead atoms. The zero-order valence-electron chi connectivity index (χ0n) is 19.5. The normalized spacial score (nSPS) is 16.8. The lowest BCUT2D eigenvalue weighted by Crippen LogP contribution is -2.36. The minimum absolute atomic E-state index is 0.192. The van der Waals surface area contributed by atoms with Crippen LogP contribution in [0.5, 0.6) is 0 Å². The molecule has 0 radical (unpaired) electrons. The van der Waals surface area contributed by atoms with Crippen molar-refractivity contribution in [3.63, 3.8) is 0 Å². The number of benzene rings is 2. The van der Waals surface area contributed by atoms with E-state index in [0.29, 0.717) is 28.1 Å². The second-order valence-electron chi connectivity index (χ2n) is 8.93. The van der Waals surface area contributed by atoms with E-state index in [9.17, 15) is 9.18 Å². The molecule has 1 aliphatic heterocycles. The van der Waals surface area contributed by atoms with E-state index in [-0.39, 0.29) is 10.9 Å². The summed E-state index contributed by atoms with van der Waals surface area (Å²) in [5, 5.41) is 0.593. The van der Waals surface area contributed by atoms with Crippen molar-refractivity contribution in [2.24, 2.45) is 0 Å². The van der Waals surface area contributed by atoms with E-state index in [1.807, 2.05) is 24.3 Å². The summed E-state index contributed by atoms with van der Waals surface area (Å²) in [5.74, 6) is -0.103. The van der Waals surface area contributed by atoms with Crippen LogP contribution in [-0.4, -0.2) is 32.0 Å². The number of nitrogens with zero attached hydrogens (tertiary/aromatic N) is 4. The summed E-state index contributed by atoms with van der Waals surface area (Å²) in [6.07, 6.45) is 7.32. The molecule has 5 nitrogen and oxygen atoms in total. The largest absolute Gasteiger partial charge is 0.295 e. The van der Waals surface area contributed by atoms with E-state index in [2.05, 4.69) is 16.8 Å².